The second-order valence-corrected chi connectivity index (χ2v) is 35.6. The molecule has 0 atom stereocenters. The lowest BCUT2D eigenvalue weighted by atomic mass is 9.83. The fraction of sp³-hybridized carbons (Fsp3) is 0. The highest BCUT2D eigenvalue weighted by Crippen LogP contribution is 2.52. The van der Waals surface area contributed by atoms with Crippen molar-refractivity contribution in [2.75, 3.05) is 0 Å². The number of hydrogen-bond acceptors (Lipinski definition) is 3. The molecule has 610 valence electrons. The molecule has 0 bridgehead atoms. The van der Waals surface area contributed by atoms with E-state index in [1.807, 2.05) is 291 Å². The first-order chi connectivity index (χ1) is 75.0. The number of fused-ring (bicyclic) bond motifs is 17. The third-order valence-corrected chi connectivity index (χ3v) is 28.6. The van der Waals surface area contributed by atoms with Crippen molar-refractivity contribution in [1.82, 2.24) is 0 Å². The van der Waals surface area contributed by atoms with E-state index >= 15 is 0 Å². The Kier molecular flexibility index (Phi) is 14.0. The Morgan fingerprint density at radius 2 is 0.382 bits per heavy atom. The monoisotopic (exact) mass is 1740 g/mol. The van der Waals surface area contributed by atoms with Crippen molar-refractivity contribution in [3.8, 4) is 111 Å². The average Bonchev–Trinajstić information content (AvgIpc) is 0.879. The smallest absolute Gasteiger partial charge is 0.0629 e. The Balaban J connectivity index is 0.000000119. The van der Waals surface area contributed by atoms with Crippen LogP contribution in [-0.2, 0) is 0 Å². The van der Waals surface area contributed by atoms with Gasteiger partial charge in [-0.3, -0.25) is 0 Å². The van der Waals surface area contributed by atoms with Gasteiger partial charge < -0.3 is 0 Å². The van der Waals surface area contributed by atoms with Gasteiger partial charge in [0, 0.05) is 60.5 Å². The van der Waals surface area contributed by atoms with Crippen LogP contribution in [0, 0.1) is 0 Å². The summed E-state index contributed by atoms with van der Waals surface area (Å²) in [5.74, 6) is 0. The molecular weight excluding hydrogens is 1630 g/mol. The molecule has 0 radical (unpaired) electrons. The zero-order valence-corrected chi connectivity index (χ0v) is 72.0. The van der Waals surface area contributed by atoms with E-state index < -0.39 is 72.5 Å². The van der Waals surface area contributed by atoms with Crippen LogP contribution in [0.5, 0.6) is 0 Å². The average molecular weight is 1740 g/mol. The molecule has 131 heavy (non-hydrogen) atoms. The van der Waals surface area contributed by atoms with Crippen LogP contribution < -0.4 is 0 Å². The Morgan fingerprint density at radius 3 is 0.771 bits per heavy atom. The van der Waals surface area contributed by atoms with E-state index in [2.05, 4.69) is 48.5 Å². The summed E-state index contributed by atoms with van der Waals surface area (Å²) in [6, 6.07) is 103. The second-order valence-electron chi connectivity index (χ2n) is 32.4. The van der Waals surface area contributed by atoms with Crippen molar-refractivity contribution in [2.24, 2.45) is 0 Å². The van der Waals surface area contributed by atoms with E-state index in [0.717, 1.165) is 127 Å². The Hall–Kier alpha value is -16.0. The SMILES string of the molecule is [2H]c1c([2H])c([2H])c2c(-c3ccc(-c4ccccc4)c4ccccc34)c3c([2H])c([2H])c([2H])c([2H])c3c(-c3ccc4sc5ccccc5c4c3)c2c1[2H].[2H]c1c([2H])c([2H])c2c(-c3ccc4sc5ccccc5c4c3)c3c([2H])c([2H])c([2H])c([2H])c3c(-c3cc(-c4ccccc4)cc(-c4ccccc4)c3)c2c1[2H].[2H]c1c([2H])c([2H])c2c(-c3ccc4sc5ccccc5c4c3)c3c([2H])c([2H])c([2H])c([2H])c3c(-c3ccc(-c4cccc5ccccc45)cc3)c2c1[2H]. The van der Waals surface area contributed by atoms with Crippen LogP contribution in [0.25, 0.3) is 258 Å². The van der Waals surface area contributed by atoms with Crippen LogP contribution in [-0.4, -0.2) is 0 Å². The maximum atomic E-state index is 9.44. The van der Waals surface area contributed by atoms with Gasteiger partial charge in [-0.25, -0.2) is 0 Å². The molecule has 0 amide bonds. The minimum atomic E-state index is -0.420. The molecule has 0 saturated carbocycles. The minimum Gasteiger partial charge on any atom is -0.135 e. The highest BCUT2D eigenvalue weighted by molar-refractivity contribution is 7.26. The van der Waals surface area contributed by atoms with Gasteiger partial charge in [0.15, 0.2) is 0 Å². The van der Waals surface area contributed by atoms with Gasteiger partial charge in [0.2, 0.25) is 0 Å². The first-order valence-corrected chi connectivity index (χ1v) is 45.5. The topological polar surface area (TPSA) is 0 Å². The van der Waals surface area contributed by atoms with Crippen LogP contribution >= 0.6 is 34.0 Å². The molecule has 27 aromatic rings. The van der Waals surface area contributed by atoms with Crippen molar-refractivity contribution in [2.45, 2.75) is 0 Å². The summed E-state index contributed by atoms with van der Waals surface area (Å²) in [5.41, 5.74) is 13.1. The van der Waals surface area contributed by atoms with E-state index in [9.17, 15) is 16.4 Å². The molecule has 0 fully saturated rings. The summed E-state index contributed by atoms with van der Waals surface area (Å²) in [6.07, 6.45) is 0. The van der Waals surface area contributed by atoms with E-state index in [0.29, 0.717) is 66.8 Å². The van der Waals surface area contributed by atoms with Gasteiger partial charge in [0.25, 0.3) is 0 Å². The largest absolute Gasteiger partial charge is 0.135 e. The van der Waals surface area contributed by atoms with Crippen molar-refractivity contribution >= 4 is 181 Å². The molecule has 0 aliphatic rings. The molecular formula is C128H80S3. The van der Waals surface area contributed by atoms with Gasteiger partial charge in [-0.15, -0.1) is 34.0 Å². The molecule has 0 nitrogen and oxygen atoms in total. The van der Waals surface area contributed by atoms with Gasteiger partial charge in [0.1, 0.15) is 0 Å². The molecule has 0 N–H and O–H groups in total. The van der Waals surface area contributed by atoms with Crippen molar-refractivity contribution in [3.63, 3.8) is 0 Å². The molecule has 0 aliphatic heterocycles. The molecule has 3 aromatic heterocycles. The summed E-state index contributed by atoms with van der Waals surface area (Å²) in [4.78, 5) is 0. The molecule has 0 aliphatic carbocycles. The van der Waals surface area contributed by atoms with Gasteiger partial charge in [0.05, 0.1) is 32.9 Å². The number of benzene rings is 24. The van der Waals surface area contributed by atoms with Crippen molar-refractivity contribution < 1.29 is 32.9 Å². The highest BCUT2D eigenvalue weighted by Gasteiger charge is 2.25. The van der Waals surface area contributed by atoms with Gasteiger partial charge in [-0.05, 0) is 270 Å². The third kappa shape index (κ3) is 13.5. The number of thiophene rings is 3. The highest BCUT2D eigenvalue weighted by atomic mass is 32.1. The van der Waals surface area contributed by atoms with Gasteiger partial charge in [-0.2, -0.15) is 0 Å². The molecule has 3 heteroatoms. The first kappa shape index (κ1) is 56.3. The molecule has 0 spiro atoms. The molecule has 24 aromatic carbocycles. The summed E-state index contributed by atoms with van der Waals surface area (Å²) in [5, 5.41) is 12.4. The Labute approximate surface area is 804 Å². The zero-order chi connectivity index (χ0) is 107. The Morgan fingerprint density at radius 1 is 0.130 bits per heavy atom. The predicted octanol–water partition coefficient (Wildman–Crippen LogP) is 38.1. The molecule has 0 saturated heterocycles. The van der Waals surface area contributed by atoms with Crippen LogP contribution in [0.4, 0.5) is 0 Å². The summed E-state index contributed by atoms with van der Waals surface area (Å²) < 4.78 is 224. The maximum Gasteiger partial charge on any atom is 0.0629 e. The Bertz CT molecular complexity index is 10500. The van der Waals surface area contributed by atoms with Crippen LogP contribution in [0.15, 0.2) is 485 Å². The van der Waals surface area contributed by atoms with E-state index in [-0.39, 0.29) is 137 Å². The summed E-state index contributed by atoms with van der Waals surface area (Å²) in [6.45, 7) is 0. The summed E-state index contributed by atoms with van der Waals surface area (Å²) in [7, 11) is 0. The van der Waals surface area contributed by atoms with Crippen molar-refractivity contribution in [1.29, 1.82) is 0 Å². The van der Waals surface area contributed by atoms with Gasteiger partial charge in [-0.1, -0.05) is 412 Å². The molecule has 0 unspecified atom stereocenters. The fourth-order valence-electron chi connectivity index (χ4n) is 19.3. The standard InChI is InChI=1S/C44H28S.2C42H26S/c1-3-13-29(14-4-1)32-25-33(30-15-5-2-6-16-30)27-34(26-32)44-38-20-9-7-18-36(38)43(37-19-8-10-21-39(37)44)31-23-24-42-40(28-31)35-17-11-12-22-41(35)45-42;1-2-12-31-27(10-1)11-9-18-32(31)28-20-22-29(23-21-28)41-34-14-3-5-16-36(34)42(37-17-6-4-15-35(37)41)30-24-25-40-38(26-30)33-13-7-8-19-39(33)43-40;1-2-12-27(13-3-1)29-23-24-37(31-15-5-4-14-30(29)31)42-35-19-8-6-17-33(35)41(34-18-7-9-20-36(34)42)28-22-25-40-38(26-28)32-16-10-11-21-39(32)43-40/h1-28H;2*1-26H/i7D,8D,9D,10D,18D,19D,20D,21D;3D,4D,5D,6D,14D,15D,16D,17D;6D,7D,8D,9D,17D,18D,19D,20D. The van der Waals surface area contributed by atoms with Crippen LogP contribution in [0.1, 0.15) is 32.9 Å². The predicted molar refractivity (Wildman–Crippen MR) is 572 cm³/mol. The van der Waals surface area contributed by atoms with Crippen LogP contribution in [0.2, 0.25) is 0 Å². The lowest BCUT2D eigenvalue weighted by Gasteiger charge is -2.19. The van der Waals surface area contributed by atoms with Crippen molar-refractivity contribution in [3.05, 3.63) is 485 Å². The zero-order valence-electron chi connectivity index (χ0n) is 93.6. The van der Waals surface area contributed by atoms with E-state index in [4.69, 9.17) is 16.4 Å². The van der Waals surface area contributed by atoms with Gasteiger partial charge >= 0.3 is 0 Å². The third-order valence-electron chi connectivity index (χ3n) is 25.1. The summed E-state index contributed by atoms with van der Waals surface area (Å²) >= 11 is 4.95. The minimum absolute atomic E-state index is 0.197. The maximum absolute atomic E-state index is 9.44. The fourth-order valence-corrected chi connectivity index (χ4v) is 22.5. The van der Waals surface area contributed by atoms with E-state index in [1.165, 1.54) is 0 Å². The number of rotatable bonds is 10. The molecule has 3 heterocycles. The first-order valence-electron chi connectivity index (χ1n) is 55.0. The lowest BCUT2D eigenvalue weighted by Crippen LogP contribution is -1.92. The van der Waals surface area contributed by atoms with Crippen LogP contribution in [0.3, 0.4) is 0 Å². The quantitative estimate of drug-likeness (QED) is 0.120. The second kappa shape index (κ2) is 32.7. The normalized spacial score (nSPS) is 14.2. The molecule has 27 rings (SSSR count). The lowest BCUT2D eigenvalue weighted by molar-refractivity contribution is 1.58. The number of hydrogen-bond donors (Lipinski definition) is 0. The van der Waals surface area contributed by atoms with E-state index in [1.54, 1.807) is 34.0 Å².